The van der Waals surface area contributed by atoms with Crippen LogP contribution in [-0.4, -0.2) is 74.3 Å². The van der Waals surface area contributed by atoms with Gasteiger partial charge in [-0.1, -0.05) is 13.8 Å². The molecule has 21 heavy (non-hydrogen) atoms. The summed E-state index contributed by atoms with van der Waals surface area (Å²) in [5, 5.41) is 13.1. The van der Waals surface area contributed by atoms with E-state index in [-0.39, 0.29) is 12.1 Å². The first kappa shape index (κ1) is 20.8. The highest BCUT2D eigenvalue weighted by molar-refractivity contribution is 4.85. The van der Waals surface area contributed by atoms with Gasteiger partial charge >= 0.3 is 0 Å². The lowest BCUT2D eigenvalue weighted by atomic mass is 9.97. The molecule has 0 amide bonds. The molecule has 1 atom stereocenters. The Hall–Kier alpha value is -0.200. The lowest BCUT2D eigenvalue weighted by molar-refractivity contribution is 0.0726. The Bertz CT molecular complexity index is 230. The number of nitrogens with zero attached hydrogens (tertiary/aromatic N) is 1. The Kier molecular flexibility index (Phi) is 12.2. The van der Waals surface area contributed by atoms with Crippen molar-refractivity contribution in [3.8, 4) is 0 Å². The minimum Gasteiger partial charge on any atom is -0.394 e. The van der Waals surface area contributed by atoms with Crippen molar-refractivity contribution in [1.82, 2.24) is 10.2 Å². The van der Waals surface area contributed by atoms with Crippen LogP contribution in [0, 0.1) is 0 Å². The standard InChI is InChI=1S/C16H36N2O3/c1-6-20-12-10-18(11-13-21-7-2)9-8-16(5,14-19)17-15(3)4/h15,17,19H,6-14H2,1-5H3. The minimum absolute atomic E-state index is 0.149. The van der Waals surface area contributed by atoms with Crippen LogP contribution in [0.5, 0.6) is 0 Å². The molecule has 5 nitrogen and oxygen atoms in total. The van der Waals surface area contributed by atoms with Crippen LogP contribution in [0.15, 0.2) is 0 Å². The third-order valence-electron chi connectivity index (χ3n) is 3.48. The van der Waals surface area contributed by atoms with Crippen molar-refractivity contribution >= 4 is 0 Å². The predicted molar refractivity (Wildman–Crippen MR) is 87.8 cm³/mol. The Morgan fingerprint density at radius 1 is 1.05 bits per heavy atom. The van der Waals surface area contributed by atoms with Gasteiger partial charge in [0.15, 0.2) is 0 Å². The molecule has 0 aliphatic carbocycles. The average Bonchev–Trinajstić information content (AvgIpc) is 2.44. The SMILES string of the molecule is CCOCCN(CCOCC)CCC(C)(CO)NC(C)C. The highest BCUT2D eigenvalue weighted by atomic mass is 16.5. The lowest BCUT2D eigenvalue weighted by Crippen LogP contribution is -2.51. The van der Waals surface area contributed by atoms with Crippen molar-refractivity contribution in [2.24, 2.45) is 0 Å². The van der Waals surface area contributed by atoms with Gasteiger partial charge in [-0.15, -0.1) is 0 Å². The third kappa shape index (κ3) is 11.1. The number of hydrogen-bond donors (Lipinski definition) is 2. The lowest BCUT2D eigenvalue weighted by Gasteiger charge is -2.33. The van der Waals surface area contributed by atoms with Crippen LogP contribution < -0.4 is 5.32 Å². The number of aliphatic hydroxyl groups excluding tert-OH is 1. The summed E-state index contributed by atoms with van der Waals surface area (Å²) in [5.74, 6) is 0. The van der Waals surface area contributed by atoms with Gasteiger partial charge in [0.2, 0.25) is 0 Å². The van der Waals surface area contributed by atoms with Crippen LogP contribution in [0.25, 0.3) is 0 Å². The van der Waals surface area contributed by atoms with Crippen LogP contribution in [0.1, 0.15) is 41.0 Å². The molecule has 0 saturated carbocycles. The van der Waals surface area contributed by atoms with E-state index in [0.29, 0.717) is 6.04 Å². The molecule has 5 heteroatoms. The first-order valence-electron chi connectivity index (χ1n) is 8.23. The van der Waals surface area contributed by atoms with Gasteiger partial charge in [0, 0.05) is 44.4 Å². The van der Waals surface area contributed by atoms with E-state index in [1.165, 1.54) is 0 Å². The second-order valence-electron chi connectivity index (χ2n) is 6.00. The number of aliphatic hydroxyl groups is 1. The zero-order valence-electron chi connectivity index (χ0n) is 14.7. The number of ether oxygens (including phenoxy) is 2. The van der Waals surface area contributed by atoms with Gasteiger partial charge in [-0.05, 0) is 27.2 Å². The van der Waals surface area contributed by atoms with Crippen molar-refractivity contribution in [1.29, 1.82) is 0 Å². The number of rotatable bonds is 14. The van der Waals surface area contributed by atoms with Crippen LogP contribution in [0.3, 0.4) is 0 Å². The number of hydrogen-bond acceptors (Lipinski definition) is 5. The monoisotopic (exact) mass is 304 g/mol. The molecule has 1 unspecified atom stereocenters. The summed E-state index contributed by atoms with van der Waals surface area (Å²) in [7, 11) is 0. The molecule has 0 fully saturated rings. The maximum Gasteiger partial charge on any atom is 0.0611 e. The quantitative estimate of drug-likeness (QED) is 0.476. The van der Waals surface area contributed by atoms with Gasteiger partial charge in [0.1, 0.15) is 0 Å². The molecular formula is C16H36N2O3. The molecular weight excluding hydrogens is 268 g/mol. The highest BCUT2D eigenvalue weighted by Crippen LogP contribution is 2.11. The van der Waals surface area contributed by atoms with Gasteiger partial charge in [-0.25, -0.2) is 0 Å². The van der Waals surface area contributed by atoms with Gasteiger partial charge in [0.05, 0.1) is 19.8 Å². The maximum atomic E-state index is 9.64. The van der Waals surface area contributed by atoms with E-state index in [1.54, 1.807) is 0 Å². The van der Waals surface area contributed by atoms with E-state index in [2.05, 4.69) is 31.0 Å². The van der Waals surface area contributed by atoms with E-state index >= 15 is 0 Å². The van der Waals surface area contributed by atoms with Gasteiger partial charge < -0.3 is 19.9 Å². The van der Waals surface area contributed by atoms with Crippen molar-refractivity contribution in [3.63, 3.8) is 0 Å². The Balaban J connectivity index is 4.27. The van der Waals surface area contributed by atoms with E-state index in [9.17, 15) is 5.11 Å². The second kappa shape index (κ2) is 12.4. The van der Waals surface area contributed by atoms with E-state index in [1.807, 2.05) is 13.8 Å². The van der Waals surface area contributed by atoms with E-state index < -0.39 is 0 Å². The average molecular weight is 304 g/mol. The van der Waals surface area contributed by atoms with Crippen LogP contribution in [-0.2, 0) is 9.47 Å². The molecule has 128 valence electrons. The fraction of sp³-hybridized carbons (Fsp3) is 1.00. The summed E-state index contributed by atoms with van der Waals surface area (Å²) in [6.45, 7) is 16.2. The van der Waals surface area contributed by atoms with E-state index in [0.717, 1.165) is 52.5 Å². The van der Waals surface area contributed by atoms with Crippen LogP contribution in [0.4, 0.5) is 0 Å². The minimum atomic E-state index is -0.232. The molecule has 0 rings (SSSR count). The molecule has 0 spiro atoms. The highest BCUT2D eigenvalue weighted by Gasteiger charge is 2.24. The molecule has 0 aromatic rings. The smallest absolute Gasteiger partial charge is 0.0611 e. The zero-order valence-corrected chi connectivity index (χ0v) is 14.7. The maximum absolute atomic E-state index is 9.64. The molecule has 0 aliphatic heterocycles. The summed E-state index contributed by atoms with van der Waals surface area (Å²) in [4.78, 5) is 2.35. The molecule has 0 bridgehead atoms. The molecule has 0 aliphatic rings. The van der Waals surface area contributed by atoms with Crippen LogP contribution >= 0.6 is 0 Å². The molecule has 0 saturated heterocycles. The molecule has 0 aromatic carbocycles. The fourth-order valence-corrected chi connectivity index (χ4v) is 2.31. The molecule has 2 N–H and O–H groups in total. The van der Waals surface area contributed by atoms with Gasteiger partial charge in [-0.3, -0.25) is 4.90 Å². The first-order valence-corrected chi connectivity index (χ1v) is 8.23. The third-order valence-corrected chi connectivity index (χ3v) is 3.48. The van der Waals surface area contributed by atoms with Gasteiger partial charge in [0.25, 0.3) is 0 Å². The summed E-state index contributed by atoms with van der Waals surface area (Å²) in [6.07, 6.45) is 0.903. The normalized spacial score (nSPS) is 14.9. The van der Waals surface area contributed by atoms with Crippen LogP contribution in [0.2, 0.25) is 0 Å². The topological polar surface area (TPSA) is 54.0 Å². The van der Waals surface area contributed by atoms with Gasteiger partial charge in [-0.2, -0.15) is 0 Å². The van der Waals surface area contributed by atoms with Crippen molar-refractivity contribution in [2.45, 2.75) is 52.6 Å². The molecule has 0 aromatic heterocycles. The fourth-order valence-electron chi connectivity index (χ4n) is 2.31. The van der Waals surface area contributed by atoms with Crippen molar-refractivity contribution < 1.29 is 14.6 Å². The number of nitrogens with one attached hydrogen (secondary N) is 1. The largest absolute Gasteiger partial charge is 0.394 e. The molecule has 0 radical (unpaired) electrons. The zero-order chi connectivity index (χ0) is 16.1. The summed E-state index contributed by atoms with van der Waals surface area (Å²) in [5.41, 5.74) is -0.232. The second-order valence-corrected chi connectivity index (χ2v) is 6.00. The molecule has 0 heterocycles. The predicted octanol–water partition coefficient (Wildman–Crippen LogP) is 1.50. The summed E-state index contributed by atoms with van der Waals surface area (Å²) < 4.78 is 10.9. The Morgan fingerprint density at radius 3 is 1.95 bits per heavy atom. The Labute approximate surface area is 131 Å². The van der Waals surface area contributed by atoms with Crippen molar-refractivity contribution in [3.05, 3.63) is 0 Å². The van der Waals surface area contributed by atoms with E-state index in [4.69, 9.17) is 9.47 Å². The van der Waals surface area contributed by atoms with Crippen molar-refractivity contribution in [2.75, 3.05) is 52.7 Å². The Morgan fingerprint density at radius 2 is 1.57 bits per heavy atom. The summed E-state index contributed by atoms with van der Waals surface area (Å²) >= 11 is 0. The first-order chi connectivity index (χ1) is 9.97. The summed E-state index contributed by atoms with van der Waals surface area (Å²) in [6, 6.07) is 0.363.